The Labute approximate surface area is 205 Å². The Balaban J connectivity index is 1.81. The molecule has 0 aliphatic carbocycles. The van der Waals surface area contributed by atoms with E-state index >= 15 is 0 Å². The number of hydrogen-bond acceptors (Lipinski definition) is 4. The predicted octanol–water partition coefficient (Wildman–Crippen LogP) is 5.13. The number of nitrogens with zero attached hydrogens (tertiary/aromatic N) is 2. The first kappa shape index (κ1) is 25.1. The van der Waals surface area contributed by atoms with Crippen molar-refractivity contribution in [3.8, 4) is 0 Å². The molecule has 33 heavy (non-hydrogen) atoms. The average Bonchev–Trinajstić information content (AvgIpc) is 2.77. The van der Waals surface area contributed by atoms with Crippen LogP contribution in [0.15, 0.2) is 76.7 Å². The first-order chi connectivity index (χ1) is 15.7. The molecule has 0 aliphatic rings. The maximum atomic E-state index is 13.8. The van der Waals surface area contributed by atoms with Crippen LogP contribution in [0.4, 0.5) is 4.39 Å². The molecule has 3 aromatic carbocycles. The van der Waals surface area contributed by atoms with Gasteiger partial charge in [0.15, 0.2) is 0 Å². The van der Waals surface area contributed by atoms with E-state index in [-0.39, 0.29) is 22.0 Å². The molecule has 0 unspecified atom stereocenters. The molecule has 0 atom stereocenters. The average molecular weight is 529 g/mol. The number of halogens is 4. The van der Waals surface area contributed by atoms with E-state index in [1.807, 2.05) is 0 Å². The molecule has 172 valence electrons. The number of hydrogen-bond donors (Lipinski definition) is 1. The summed E-state index contributed by atoms with van der Waals surface area (Å²) in [6, 6.07) is 16.2. The molecule has 0 aliphatic heterocycles. The summed E-state index contributed by atoms with van der Waals surface area (Å²) >= 11 is 17.7. The first-order valence-electron chi connectivity index (χ1n) is 9.43. The molecule has 6 nitrogen and oxygen atoms in total. The smallest absolute Gasteiger partial charge is 0.255 e. The summed E-state index contributed by atoms with van der Waals surface area (Å²) in [5, 5.41) is 4.67. The van der Waals surface area contributed by atoms with Crippen LogP contribution in [0.5, 0.6) is 0 Å². The summed E-state index contributed by atoms with van der Waals surface area (Å²) < 4.78 is 41.2. The molecule has 0 spiro atoms. The molecule has 0 radical (unpaired) electrons. The van der Waals surface area contributed by atoms with E-state index in [1.54, 1.807) is 24.3 Å². The van der Waals surface area contributed by atoms with Gasteiger partial charge in [0.05, 0.1) is 22.7 Å². The topological polar surface area (TPSA) is 78.8 Å². The number of carbonyl (C=O) groups is 1. The van der Waals surface area contributed by atoms with Gasteiger partial charge in [0, 0.05) is 22.2 Å². The lowest BCUT2D eigenvalue weighted by Crippen LogP contribution is -2.39. The van der Waals surface area contributed by atoms with Crippen molar-refractivity contribution in [2.45, 2.75) is 11.4 Å². The molecule has 3 aromatic rings. The lowest BCUT2D eigenvalue weighted by molar-refractivity contribution is -0.121. The standard InChI is InChI=1S/C22H17Cl3FN3O3S/c23-16-6-4-15(5-7-16)13-29(33(31,32)18-10-8-17(24)9-11-18)14-22(30)28-27-12-19-20(25)2-1-3-21(19)26/h1-12H,13-14H2,(H,28,30)/b27-12-. The van der Waals surface area contributed by atoms with Gasteiger partial charge in [-0.05, 0) is 54.1 Å². The van der Waals surface area contributed by atoms with Crippen LogP contribution in [-0.2, 0) is 21.4 Å². The van der Waals surface area contributed by atoms with E-state index in [2.05, 4.69) is 10.5 Å². The molecule has 3 rings (SSSR count). The van der Waals surface area contributed by atoms with Gasteiger partial charge in [0.2, 0.25) is 10.0 Å². The van der Waals surface area contributed by atoms with Gasteiger partial charge in [-0.15, -0.1) is 0 Å². The number of hydrazone groups is 1. The third-order valence-corrected chi connectivity index (χ3v) is 7.07. The van der Waals surface area contributed by atoms with Gasteiger partial charge in [-0.25, -0.2) is 18.2 Å². The summed E-state index contributed by atoms with van der Waals surface area (Å²) in [5.74, 6) is -1.35. The van der Waals surface area contributed by atoms with Gasteiger partial charge in [-0.1, -0.05) is 53.0 Å². The van der Waals surface area contributed by atoms with Crippen LogP contribution in [-0.4, -0.2) is 31.4 Å². The van der Waals surface area contributed by atoms with Gasteiger partial charge >= 0.3 is 0 Å². The van der Waals surface area contributed by atoms with Crippen molar-refractivity contribution in [1.82, 2.24) is 9.73 Å². The van der Waals surface area contributed by atoms with Crippen molar-refractivity contribution >= 4 is 56.9 Å². The van der Waals surface area contributed by atoms with Gasteiger partial charge in [0.1, 0.15) is 5.82 Å². The van der Waals surface area contributed by atoms with Crippen molar-refractivity contribution < 1.29 is 17.6 Å². The van der Waals surface area contributed by atoms with Crippen molar-refractivity contribution in [3.63, 3.8) is 0 Å². The highest BCUT2D eigenvalue weighted by atomic mass is 35.5. The molecule has 11 heteroatoms. The van der Waals surface area contributed by atoms with E-state index in [9.17, 15) is 17.6 Å². The number of benzene rings is 3. The normalized spacial score (nSPS) is 11.8. The number of sulfonamides is 1. The third-order valence-electron chi connectivity index (χ3n) is 4.43. The van der Waals surface area contributed by atoms with E-state index in [4.69, 9.17) is 34.8 Å². The van der Waals surface area contributed by atoms with Crippen LogP contribution in [0, 0.1) is 5.82 Å². The fourth-order valence-electron chi connectivity index (χ4n) is 2.77. The molecule has 1 N–H and O–H groups in total. The highest BCUT2D eigenvalue weighted by Crippen LogP contribution is 2.21. The zero-order valence-corrected chi connectivity index (χ0v) is 20.0. The Hall–Kier alpha value is -2.49. The van der Waals surface area contributed by atoms with Gasteiger partial charge in [-0.3, -0.25) is 4.79 Å². The van der Waals surface area contributed by atoms with E-state index in [0.29, 0.717) is 15.6 Å². The van der Waals surface area contributed by atoms with Crippen LogP contribution in [0.2, 0.25) is 15.1 Å². The Morgan fingerprint density at radius 2 is 1.58 bits per heavy atom. The lowest BCUT2D eigenvalue weighted by atomic mass is 10.2. The third kappa shape index (κ3) is 6.75. The summed E-state index contributed by atoms with van der Waals surface area (Å²) in [5.41, 5.74) is 2.81. The number of rotatable bonds is 8. The minimum absolute atomic E-state index is 0.00808. The SMILES string of the molecule is O=C(CN(Cc1ccc(Cl)cc1)S(=O)(=O)c1ccc(Cl)cc1)N/N=C\c1c(F)cccc1Cl. The molecule has 0 saturated carbocycles. The predicted molar refractivity (Wildman–Crippen MR) is 128 cm³/mol. The van der Waals surface area contributed by atoms with Crippen molar-refractivity contribution in [2.75, 3.05) is 6.54 Å². The highest BCUT2D eigenvalue weighted by Gasteiger charge is 2.27. The maximum Gasteiger partial charge on any atom is 0.255 e. The summed E-state index contributed by atoms with van der Waals surface area (Å²) in [6.07, 6.45) is 1.05. The van der Waals surface area contributed by atoms with E-state index < -0.39 is 28.3 Å². The molecule has 0 fully saturated rings. The molecule has 0 heterocycles. The number of amides is 1. The van der Waals surface area contributed by atoms with Crippen LogP contribution >= 0.6 is 34.8 Å². The second-order valence-electron chi connectivity index (χ2n) is 6.78. The van der Waals surface area contributed by atoms with Crippen LogP contribution < -0.4 is 5.43 Å². The lowest BCUT2D eigenvalue weighted by Gasteiger charge is -2.21. The van der Waals surface area contributed by atoms with Gasteiger partial charge in [-0.2, -0.15) is 9.41 Å². The zero-order chi connectivity index (χ0) is 24.0. The zero-order valence-electron chi connectivity index (χ0n) is 16.9. The molecule has 0 saturated heterocycles. The van der Waals surface area contributed by atoms with Crippen LogP contribution in [0.1, 0.15) is 11.1 Å². The highest BCUT2D eigenvalue weighted by molar-refractivity contribution is 7.89. The summed E-state index contributed by atoms with van der Waals surface area (Å²) in [6.45, 7) is -0.645. The van der Waals surface area contributed by atoms with Crippen molar-refractivity contribution in [2.24, 2.45) is 5.10 Å². The fraction of sp³-hybridized carbons (Fsp3) is 0.0909. The van der Waals surface area contributed by atoms with Crippen molar-refractivity contribution in [1.29, 1.82) is 0 Å². The van der Waals surface area contributed by atoms with Gasteiger partial charge < -0.3 is 0 Å². The molecule has 1 amide bonds. The Morgan fingerprint density at radius 3 is 2.18 bits per heavy atom. The summed E-state index contributed by atoms with van der Waals surface area (Å²) in [4.78, 5) is 12.5. The molecular formula is C22H17Cl3FN3O3S. The maximum absolute atomic E-state index is 13.8. The van der Waals surface area contributed by atoms with E-state index in [0.717, 1.165) is 10.5 Å². The number of carbonyl (C=O) groups excluding carboxylic acids is 1. The second-order valence-corrected chi connectivity index (χ2v) is 10.0. The Kier molecular flexibility index (Phi) is 8.45. The Bertz CT molecular complexity index is 1250. The second kappa shape index (κ2) is 11.1. The quantitative estimate of drug-likeness (QED) is 0.325. The van der Waals surface area contributed by atoms with Crippen LogP contribution in [0.25, 0.3) is 0 Å². The van der Waals surface area contributed by atoms with E-state index in [1.165, 1.54) is 42.5 Å². The summed E-state index contributed by atoms with van der Waals surface area (Å²) in [7, 11) is -4.06. The first-order valence-corrected chi connectivity index (χ1v) is 12.0. The minimum atomic E-state index is -4.06. The van der Waals surface area contributed by atoms with Gasteiger partial charge in [0.25, 0.3) is 5.91 Å². The molecule has 0 aromatic heterocycles. The molecule has 0 bridgehead atoms. The van der Waals surface area contributed by atoms with Crippen molar-refractivity contribution in [3.05, 3.63) is 98.7 Å². The molecular weight excluding hydrogens is 512 g/mol. The fourth-order valence-corrected chi connectivity index (χ4v) is 4.62. The monoisotopic (exact) mass is 527 g/mol. The van der Waals surface area contributed by atoms with Crippen LogP contribution in [0.3, 0.4) is 0 Å². The largest absolute Gasteiger partial charge is 0.272 e. The number of nitrogens with one attached hydrogen (secondary N) is 1. The minimum Gasteiger partial charge on any atom is -0.272 e. The Morgan fingerprint density at radius 1 is 0.970 bits per heavy atom.